The second kappa shape index (κ2) is 3.58. The predicted octanol–water partition coefficient (Wildman–Crippen LogP) is 1.88. The van der Waals surface area contributed by atoms with Gasteiger partial charge in [0, 0.05) is 6.42 Å². The minimum absolute atomic E-state index is 0.180. The summed E-state index contributed by atoms with van der Waals surface area (Å²) in [6, 6.07) is 0. The summed E-state index contributed by atoms with van der Waals surface area (Å²) in [5.41, 5.74) is 0.915. The lowest BCUT2D eigenvalue weighted by atomic mass is 9.94. The van der Waals surface area contributed by atoms with Gasteiger partial charge in [-0.2, -0.15) is 0 Å². The smallest absolute Gasteiger partial charge is 0.0651 e. The van der Waals surface area contributed by atoms with E-state index in [1.54, 1.807) is 0 Å². The first-order valence-electron chi connectivity index (χ1n) is 4.48. The number of aliphatic hydroxyl groups excluding tert-OH is 1. The lowest BCUT2D eigenvalue weighted by Crippen LogP contribution is -2.32. The highest BCUT2D eigenvalue weighted by Crippen LogP contribution is 2.24. The van der Waals surface area contributed by atoms with Crippen LogP contribution in [-0.4, -0.2) is 23.4 Å². The van der Waals surface area contributed by atoms with E-state index in [1.807, 2.05) is 13.8 Å². The first-order chi connectivity index (χ1) is 5.49. The molecule has 0 amide bonds. The molecule has 0 bridgehead atoms. The van der Waals surface area contributed by atoms with Gasteiger partial charge in [0.25, 0.3) is 0 Å². The maximum Gasteiger partial charge on any atom is 0.0651 e. The SMILES string of the molecule is C=C1CCOC(C)(C)CC(O)C1. The van der Waals surface area contributed by atoms with Crippen LogP contribution in [0.15, 0.2) is 12.2 Å². The minimum Gasteiger partial charge on any atom is -0.393 e. The van der Waals surface area contributed by atoms with Crippen LogP contribution < -0.4 is 0 Å². The van der Waals surface area contributed by atoms with E-state index in [1.165, 1.54) is 0 Å². The van der Waals surface area contributed by atoms with E-state index in [0.29, 0.717) is 6.42 Å². The van der Waals surface area contributed by atoms with Crippen molar-refractivity contribution in [3.63, 3.8) is 0 Å². The van der Waals surface area contributed by atoms with Gasteiger partial charge in [0.1, 0.15) is 0 Å². The molecule has 0 aliphatic carbocycles. The van der Waals surface area contributed by atoms with E-state index >= 15 is 0 Å². The molecule has 0 saturated carbocycles. The largest absolute Gasteiger partial charge is 0.393 e. The van der Waals surface area contributed by atoms with Crippen LogP contribution in [0, 0.1) is 0 Å². The van der Waals surface area contributed by atoms with Crippen LogP contribution in [0.5, 0.6) is 0 Å². The number of hydrogen-bond acceptors (Lipinski definition) is 2. The molecule has 0 aromatic rings. The minimum atomic E-state index is -0.284. The third kappa shape index (κ3) is 2.95. The highest BCUT2D eigenvalue weighted by atomic mass is 16.5. The second-order valence-electron chi connectivity index (χ2n) is 4.17. The number of ether oxygens (including phenoxy) is 1. The maximum atomic E-state index is 9.58. The van der Waals surface area contributed by atoms with Crippen molar-refractivity contribution >= 4 is 0 Å². The van der Waals surface area contributed by atoms with Gasteiger partial charge in [0.15, 0.2) is 0 Å². The zero-order chi connectivity index (χ0) is 9.19. The van der Waals surface area contributed by atoms with Crippen LogP contribution in [0.1, 0.15) is 33.1 Å². The first-order valence-corrected chi connectivity index (χ1v) is 4.48. The first kappa shape index (κ1) is 9.75. The van der Waals surface area contributed by atoms with Crippen molar-refractivity contribution < 1.29 is 9.84 Å². The van der Waals surface area contributed by atoms with Crippen molar-refractivity contribution in [3.05, 3.63) is 12.2 Å². The van der Waals surface area contributed by atoms with Crippen LogP contribution in [0.4, 0.5) is 0 Å². The number of hydrogen-bond donors (Lipinski definition) is 1. The van der Waals surface area contributed by atoms with E-state index in [9.17, 15) is 5.11 Å². The van der Waals surface area contributed by atoms with Gasteiger partial charge in [-0.05, 0) is 26.7 Å². The van der Waals surface area contributed by atoms with Crippen molar-refractivity contribution in [2.24, 2.45) is 0 Å². The topological polar surface area (TPSA) is 29.5 Å². The summed E-state index contributed by atoms with van der Waals surface area (Å²) in [4.78, 5) is 0. The van der Waals surface area contributed by atoms with E-state index in [0.717, 1.165) is 25.0 Å². The van der Waals surface area contributed by atoms with Gasteiger partial charge >= 0.3 is 0 Å². The highest BCUT2D eigenvalue weighted by molar-refractivity contribution is 4.98. The molecule has 0 aromatic carbocycles. The highest BCUT2D eigenvalue weighted by Gasteiger charge is 2.25. The molecule has 0 radical (unpaired) electrons. The van der Waals surface area contributed by atoms with Crippen LogP contribution >= 0.6 is 0 Å². The quantitative estimate of drug-likeness (QED) is 0.562. The zero-order valence-electron chi connectivity index (χ0n) is 7.97. The summed E-state index contributed by atoms with van der Waals surface area (Å²) < 4.78 is 5.59. The van der Waals surface area contributed by atoms with Gasteiger partial charge in [-0.25, -0.2) is 0 Å². The Morgan fingerprint density at radius 1 is 1.58 bits per heavy atom. The molecule has 2 nitrogen and oxygen atoms in total. The summed E-state index contributed by atoms with van der Waals surface area (Å²) >= 11 is 0. The van der Waals surface area contributed by atoms with Gasteiger partial charge in [-0.3, -0.25) is 0 Å². The van der Waals surface area contributed by atoms with Crippen molar-refractivity contribution in [2.75, 3.05) is 6.61 Å². The summed E-state index contributed by atoms with van der Waals surface area (Å²) in [6.45, 7) is 8.64. The Morgan fingerprint density at radius 3 is 2.92 bits per heavy atom. The molecule has 12 heavy (non-hydrogen) atoms. The zero-order valence-corrected chi connectivity index (χ0v) is 7.97. The molecule has 1 unspecified atom stereocenters. The Labute approximate surface area is 74.2 Å². The average molecular weight is 170 g/mol. The van der Waals surface area contributed by atoms with E-state index in [4.69, 9.17) is 4.74 Å². The molecule has 1 N–H and O–H groups in total. The van der Waals surface area contributed by atoms with E-state index < -0.39 is 0 Å². The number of rotatable bonds is 0. The standard InChI is InChI=1S/C10H18O2/c1-8-4-5-12-10(2,3)7-9(11)6-8/h9,11H,1,4-7H2,2-3H3. The fraction of sp³-hybridized carbons (Fsp3) is 0.800. The fourth-order valence-electron chi connectivity index (χ4n) is 1.61. The van der Waals surface area contributed by atoms with Gasteiger partial charge in [-0.15, -0.1) is 0 Å². The molecule has 1 rings (SSSR count). The predicted molar refractivity (Wildman–Crippen MR) is 49.0 cm³/mol. The molecule has 1 heterocycles. The molecule has 70 valence electrons. The summed E-state index contributed by atoms with van der Waals surface area (Å²) in [5, 5.41) is 9.58. The molecule has 1 saturated heterocycles. The Balaban J connectivity index is 2.54. The Morgan fingerprint density at radius 2 is 2.25 bits per heavy atom. The molecular weight excluding hydrogens is 152 g/mol. The van der Waals surface area contributed by atoms with Crippen LogP contribution in [0.2, 0.25) is 0 Å². The monoisotopic (exact) mass is 170 g/mol. The van der Waals surface area contributed by atoms with E-state index in [-0.39, 0.29) is 11.7 Å². The van der Waals surface area contributed by atoms with Crippen molar-refractivity contribution in [3.8, 4) is 0 Å². The fourth-order valence-corrected chi connectivity index (χ4v) is 1.61. The summed E-state index contributed by atoms with van der Waals surface area (Å²) in [6.07, 6.45) is 2.02. The van der Waals surface area contributed by atoms with Crippen molar-refractivity contribution in [2.45, 2.75) is 44.8 Å². The third-order valence-electron chi connectivity index (χ3n) is 2.20. The molecule has 1 atom stereocenters. The molecule has 0 spiro atoms. The van der Waals surface area contributed by atoms with Gasteiger partial charge in [-0.1, -0.05) is 12.2 Å². The average Bonchev–Trinajstić information content (AvgIpc) is 1.81. The third-order valence-corrected chi connectivity index (χ3v) is 2.20. The molecule has 1 aliphatic rings. The van der Waals surface area contributed by atoms with Crippen LogP contribution in [0.3, 0.4) is 0 Å². The van der Waals surface area contributed by atoms with Crippen LogP contribution in [0.25, 0.3) is 0 Å². The van der Waals surface area contributed by atoms with Gasteiger partial charge in [0.05, 0.1) is 18.3 Å². The van der Waals surface area contributed by atoms with Crippen molar-refractivity contribution in [1.29, 1.82) is 0 Å². The summed E-state index contributed by atoms with van der Waals surface area (Å²) in [7, 11) is 0. The van der Waals surface area contributed by atoms with E-state index in [2.05, 4.69) is 6.58 Å². The normalized spacial score (nSPS) is 30.9. The molecule has 1 fully saturated rings. The number of aliphatic hydroxyl groups is 1. The molecule has 1 aliphatic heterocycles. The second-order valence-corrected chi connectivity index (χ2v) is 4.17. The summed E-state index contributed by atoms with van der Waals surface area (Å²) in [5.74, 6) is 0. The van der Waals surface area contributed by atoms with Gasteiger partial charge in [0.2, 0.25) is 0 Å². The van der Waals surface area contributed by atoms with Crippen LogP contribution in [-0.2, 0) is 4.74 Å². The molecular formula is C10H18O2. The Hall–Kier alpha value is -0.340. The lowest BCUT2D eigenvalue weighted by molar-refractivity contribution is -0.0550. The maximum absolute atomic E-state index is 9.58. The Bertz CT molecular complexity index is 173. The van der Waals surface area contributed by atoms with Crippen molar-refractivity contribution in [1.82, 2.24) is 0 Å². The molecule has 2 heteroatoms. The Kier molecular flexibility index (Phi) is 2.91. The van der Waals surface area contributed by atoms with Gasteiger partial charge < -0.3 is 9.84 Å². The lowest BCUT2D eigenvalue weighted by Gasteiger charge is -2.30. The molecule has 0 aromatic heterocycles.